The van der Waals surface area contributed by atoms with Gasteiger partial charge in [-0.3, -0.25) is 14.6 Å². The predicted molar refractivity (Wildman–Crippen MR) is 104 cm³/mol. The molecule has 1 saturated heterocycles. The van der Waals surface area contributed by atoms with Gasteiger partial charge in [0.25, 0.3) is 5.79 Å². The number of rotatable bonds is 2. The summed E-state index contributed by atoms with van der Waals surface area (Å²) in [5, 5.41) is 3.78. The molecule has 2 aliphatic rings. The average Bonchev–Trinajstić information content (AvgIpc) is 2.95. The standard InChI is InChI=1S/C21H19ClN2O4/c22-18-6-5-17-15(16(18)4-3-14-2-1-10-23-12-14)9-11-24-13-21(17)27-19(25)7-8-20(26)28-21/h1-6,10,12,24H,7-9,11,13H2/b4-3+. The summed E-state index contributed by atoms with van der Waals surface area (Å²) in [7, 11) is 0. The first-order valence-electron chi connectivity index (χ1n) is 9.12. The van der Waals surface area contributed by atoms with Crippen molar-refractivity contribution in [1.82, 2.24) is 10.3 Å². The molecule has 3 heterocycles. The van der Waals surface area contributed by atoms with Crippen LogP contribution in [0.3, 0.4) is 0 Å². The SMILES string of the molecule is O=C1CCC(=O)OC2(CNCCc3c2ccc(Cl)c3/C=C/c2cccnc2)O1. The van der Waals surface area contributed by atoms with Crippen LogP contribution in [0.2, 0.25) is 5.02 Å². The number of aromatic nitrogens is 1. The molecule has 2 aromatic rings. The van der Waals surface area contributed by atoms with Crippen molar-refractivity contribution in [2.24, 2.45) is 0 Å². The van der Waals surface area contributed by atoms with Gasteiger partial charge in [0.05, 0.1) is 19.4 Å². The fourth-order valence-electron chi connectivity index (χ4n) is 3.54. The van der Waals surface area contributed by atoms with E-state index in [0.29, 0.717) is 23.6 Å². The molecule has 0 aliphatic carbocycles. The molecule has 0 radical (unpaired) electrons. The van der Waals surface area contributed by atoms with Gasteiger partial charge in [0.15, 0.2) is 0 Å². The lowest BCUT2D eigenvalue weighted by Gasteiger charge is -2.32. The van der Waals surface area contributed by atoms with Crippen molar-refractivity contribution in [2.75, 3.05) is 13.1 Å². The number of benzene rings is 1. The molecule has 0 saturated carbocycles. The zero-order valence-electron chi connectivity index (χ0n) is 15.1. The van der Waals surface area contributed by atoms with Gasteiger partial charge in [-0.2, -0.15) is 0 Å². The third-order valence-electron chi connectivity index (χ3n) is 4.84. The van der Waals surface area contributed by atoms with Crippen LogP contribution in [0, 0.1) is 0 Å². The number of hydrogen-bond acceptors (Lipinski definition) is 6. The Kier molecular flexibility index (Phi) is 5.15. The predicted octanol–water partition coefficient (Wildman–Crippen LogP) is 3.08. The van der Waals surface area contributed by atoms with E-state index in [1.807, 2.05) is 24.3 Å². The first-order chi connectivity index (χ1) is 13.6. The minimum absolute atomic E-state index is 0.0112. The summed E-state index contributed by atoms with van der Waals surface area (Å²) in [4.78, 5) is 28.4. The van der Waals surface area contributed by atoms with Crippen molar-refractivity contribution in [3.63, 3.8) is 0 Å². The van der Waals surface area contributed by atoms with Gasteiger partial charge in [-0.25, -0.2) is 0 Å². The second-order valence-electron chi connectivity index (χ2n) is 6.73. The molecule has 144 valence electrons. The Morgan fingerprint density at radius 3 is 2.57 bits per heavy atom. The summed E-state index contributed by atoms with van der Waals surface area (Å²) in [5.41, 5.74) is 3.28. The van der Waals surface area contributed by atoms with E-state index in [0.717, 1.165) is 16.7 Å². The molecule has 1 spiro atoms. The third kappa shape index (κ3) is 3.66. The quantitative estimate of drug-likeness (QED) is 0.783. The maximum absolute atomic E-state index is 12.2. The van der Waals surface area contributed by atoms with E-state index in [4.69, 9.17) is 21.1 Å². The topological polar surface area (TPSA) is 77.5 Å². The highest BCUT2D eigenvalue weighted by molar-refractivity contribution is 6.32. The highest BCUT2D eigenvalue weighted by Gasteiger charge is 2.45. The number of nitrogens with zero attached hydrogens (tertiary/aromatic N) is 1. The van der Waals surface area contributed by atoms with Crippen LogP contribution in [0.25, 0.3) is 12.2 Å². The molecule has 7 heteroatoms. The molecule has 1 fully saturated rings. The van der Waals surface area contributed by atoms with Gasteiger partial charge in [-0.05, 0) is 47.9 Å². The molecule has 4 rings (SSSR count). The van der Waals surface area contributed by atoms with Gasteiger partial charge in [-0.1, -0.05) is 29.8 Å². The van der Waals surface area contributed by atoms with Crippen molar-refractivity contribution in [3.8, 4) is 0 Å². The van der Waals surface area contributed by atoms with E-state index in [1.165, 1.54) is 0 Å². The summed E-state index contributed by atoms with van der Waals surface area (Å²) < 4.78 is 11.3. The summed E-state index contributed by atoms with van der Waals surface area (Å²) in [6.07, 6.45) is 7.98. The van der Waals surface area contributed by atoms with E-state index in [9.17, 15) is 9.59 Å². The van der Waals surface area contributed by atoms with Crippen LogP contribution in [0.4, 0.5) is 0 Å². The zero-order chi connectivity index (χ0) is 19.6. The molecule has 1 aromatic carbocycles. The number of nitrogens with one attached hydrogen (secondary N) is 1. The van der Waals surface area contributed by atoms with E-state index < -0.39 is 17.7 Å². The van der Waals surface area contributed by atoms with E-state index in [-0.39, 0.29) is 19.4 Å². The maximum Gasteiger partial charge on any atom is 0.309 e. The molecule has 6 nitrogen and oxygen atoms in total. The second-order valence-corrected chi connectivity index (χ2v) is 7.14. The molecule has 1 aromatic heterocycles. The lowest BCUT2D eigenvalue weighted by molar-refractivity contribution is -0.225. The van der Waals surface area contributed by atoms with Crippen LogP contribution in [0.1, 0.15) is 35.1 Å². The Morgan fingerprint density at radius 1 is 1.07 bits per heavy atom. The summed E-state index contributed by atoms with van der Waals surface area (Å²) >= 11 is 6.49. The monoisotopic (exact) mass is 398 g/mol. The fraction of sp³-hybridized carbons (Fsp3) is 0.286. The van der Waals surface area contributed by atoms with Crippen molar-refractivity contribution in [1.29, 1.82) is 0 Å². The van der Waals surface area contributed by atoms with Gasteiger partial charge >= 0.3 is 11.9 Å². The first-order valence-corrected chi connectivity index (χ1v) is 9.49. The first kappa shape index (κ1) is 18.7. The lowest BCUT2D eigenvalue weighted by atomic mass is 9.93. The summed E-state index contributed by atoms with van der Waals surface area (Å²) in [5.74, 6) is -2.39. The Labute approximate surface area is 167 Å². The second kappa shape index (κ2) is 7.73. The van der Waals surface area contributed by atoms with Crippen molar-refractivity contribution in [3.05, 3.63) is 63.9 Å². The average molecular weight is 399 g/mol. The summed E-state index contributed by atoms with van der Waals surface area (Å²) in [6.45, 7) is 0.836. The number of ether oxygens (including phenoxy) is 2. The maximum atomic E-state index is 12.2. The minimum Gasteiger partial charge on any atom is -0.416 e. The van der Waals surface area contributed by atoms with Gasteiger partial charge in [-0.15, -0.1) is 0 Å². The lowest BCUT2D eigenvalue weighted by Crippen LogP contribution is -2.43. The smallest absolute Gasteiger partial charge is 0.309 e. The van der Waals surface area contributed by atoms with E-state index >= 15 is 0 Å². The minimum atomic E-state index is -1.47. The molecule has 28 heavy (non-hydrogen) atoms. The van der Waals surface area contributed by atoms with Crippen LogP contribution in [0.5, 0.6) is 0 Å². The normalized spacial score (nSPS) is 18.9. The molecule has 2 aliphatic heterocycles. The number of carbonyl (C=O) groups excluding carboxylic acids is 2. The molecule has 0 bridgehead atoms. The largest absolute Gasteiger partial charge is 0.416 e. The number of carbonyl (C=O) groups is 2. The van der Waals surface area contributed by atoms with Crippen LogP contribution >= 0.6 is 11.6 Å². The third-order valence-corrected chi connectivity index (χ3v) is 5.17. The number of fused-ring (bicyclic) bond motifs is 2. The Bertz CT molecular complexity index is 925. The molecular formula is C21H19ClN2O4. The van der Waals surface area contributed by atoms with Gasteiger partial charge in [0.1, 0.15) is 0 Å². The zero-order valence-corrected chi connectivity index (χ0v) is 15.9. The molecular weight excluding hydrogens is 380 g/mol. The van der Waals surface area contributed by atoms with Crippen LogP contribution < -0.4 is 5.32 Å². The Morgan fingerprint density at radius 2 is 1.86 bits per heavy atom. The van der Waals surface area contributed by atoms with Gasteiger partial charge in [0, 0.05) is 23.0 Å². The highest BCUT2D eigenvalue weighted by atomic mass is 35.5. The van der Waals surface area contributed by atoms with Crippen molar-refractivity contribution in [2.45, 2.75) is 25.0 Å². The van der Waals surface area contributed by atoms with E-state index in [1.54, 1.807) is 24.5 Å². The van der Waals surface area contributed by atoms with Crippen LogP contribution in [0.15, 0.2) is 36.7 Å². The number of pyridine rings is 1. The fourth-order valence-corrected chi connectivity index (χ4v) is 3.78. The highest BCUT2D eigenvalue weighted by Crippen LogP contribution is 2.38. The van der Waals surface area contributed by atoms with Gasteiger partial charge < -0.3 is 14.8 Å². The Hall–Kier alpha value is -2.70. The molecule has 0 amide bonds. The molecule has 0 atom stereocenters. The number of esters is 2. The molecule has 0 unspecified atom stereocenters. The van der Waals surface area contributed by atoms with Crippen molar-refractivity contribution >= 4 is 35.7 Å². The van der Waals surface area contributed by atoms with Crippen molar-refractivity contribution < 1.29 is 19.1 Å². The Balaban J connectivity index is 1.82. The van der Waals surface area contributed by atoms with Crippen LogP contribution in [-0.2, 0) is 31.3 Å². The van der Waals surface area contributed by atoms with Gasteiger partial charge in [0.2, 0.25) is 0 Å². The summed E-state index contributed by atoms with van der Waals surface area (Å²) in [6, 6.07) is 7.31. The number of hydrogen-bond donors (Lipinski definition) is 1. The molecule has 1 N–H and O–H groups in total. The van der Waals surface area contributed by atoms with E-state index in [2.05, 4.69) is 10.3 Å². The van der Waals surface area contributed by atoms with Crippen LogP contribution in [-0.4, -0.2) is 30.0 Å². The number of halogens is 1.